The van der Waals surface area contributed by atoms with E-state index in [9.17, 15) is 9.59 Å². The highest BCUT2D eigenvalue weighted by Crippen LogP contribution is 2.29. The summed E-state index contributed by atoms with van der Waals surface area (Å²) < 4.78 is 0. The van der Waals surface area contributed by atoms with Gasteiger partial charge >= 0.3 is 0 Å². The van der Waals surface area contributed by atoms with E-state index in [1.54, 1.807) is 12.1 Å². The molecule has 1 aliphatic carbocycles. The van der Waals surface area contributed by atoms with Crippen molar-refractivity contribution in [2.45, 2.75) is 70.3 Å². The fraction of sp³-hybridized carbons (Fsp3) is 0.500. The van der Waals surface area contributed by atoms with Gasteiger partial charge in [-0.05, 0) is 62.0 Å². The maximum absolute atomic E-state index is 14.0. The Morgan fingerprint density at radius 1 is 0.902 bits per heavy atom. The Labute approximate surface area is 243 Å². The van der Waals surface area contributed by atoms with Crippen LogP contribution in [0.1, 0.15) is 73.1 Å². The highest BCUT2D eigenvalue weighted by Gasteiger charge is 2.34. The normalized spacial score (nSPS) is 17.8. The largest absolute Gasteiger partial charge is 0.384 e. The van der Waals surface area contributed by atoms with Crippen LogP contribution >= 0.6 is 0 Å². The molecule has 4 rings (SSSR count). The Morgan fingerprint density at radius 3 is 2.12 bits per heavy atom. The van der Waals surface area contributed by atoms with Gasteiger partial charge < -0.3 is 27.0 Å². The van der Waals surface area contributed by atoms with E-state index in [0.29, 0.717) is 24.4 Å². The molecule has 9 nitrogen and oxygen atoms in total. The van der Waals surface area contributed by atoms with E-state index in [4.69, 9.17) is 22.3 Å². The molecule has 2 aromatic rings. The van der Waals surface area contributed by atoms with Crippen LogP contribution in [0, 0.1) is 29.6 Å². The average molecular weight is 560 g/mol. The molecule has 0 radical (unpaired) electrons. The third-order valence-electron chi connectivity index (χ3n) is 8.72. The molecule has 8 N–H and O–H groups in total. The lowest BCUT2D eigenvalue weighted by Crippen LogP contribution is -2.53. The van der Waals surface area contributed by atoms with Gasteiger partial charge in [-0.15, -0.1) is 0 Å². The average Bonchev–Trinajstić information content (AvgIpc) is 2.98. The van der Waals surface area contributed by atoms with Gasteiger partial charge in [0.15, 0.2) is 5.96 Å². The Kier molecular flexibility index (Phi) is 10.4. The zero-order valence-corrected chi connectivity index (χ0v) is 24.1. The summed E-state index contributed by atoms with van der Waals surface area (Å²) in [5.41, 5.74) is 14.9. The third-order valence-corrected chi connectivity index (χ3v) is 8.72. The number of nitrogens with one attached hydrogen (secondary N) is 4. The second-order valence-electron chi connectivity index (χ2n) is 11.7. The predicted octanol–water partition coefficient (Wildman–Crippen LogP) is 3.39. The number of guanidine groups is 1. The van der Waals surface area contributed by atoms with Crippen LogP contribution in [0.5, 0.6) is 0 Å². The Morgan fingerprint density at radius 2 is 1.54 bits per heavy atom. The van der Waals surface area contributed by atoms with Crippen molar-refractivity contribution < 1.29 is 9.59 Å². The second-order valence-corrected chi connectivity index (χ2v) is 11.7. The fourth-order valence-corrected chi connectivity index (χ4v) is 6.07. The van der Waals surface area contributed by atoms with Gasteiger partial charge in [0.2, 0.25) is 11.8 Å². The van der Waals surface area contributed by atoms with Crippen molar-refractivity contribution in [2.24, 2.45) is 23.3 Å². The minimum absolute atomic E-state index is 0.00937. The van der Waals surface area contributed by atoms with Crippen molar-refractivity contribution in [1.82, 2.24) is 15.5 Å². The maximum Gasteiger partial charge on any atom is 0.242 e. The van der Waals surface area contributed by atoms with Gasteiger partial charge in [-0.1, -0.05) is 73.4 Å². The quantitative estimate of drug-likeness (QED) is 0.194. The van der Waals surface area contributed by atoms with Gasteiger partial charge in [-0.3, -0.25) is 20.4 Å². The molecule has 0 bridgehead atoms. The van der Waals surface area contributed by atoms with E-state index < -0.39 is 12.0 Å². The molecule has 9 heteroatoms. The van der Waals surface area contributed by atoms with Crippen molar-refractivity contribution in [3.05, 3.63) is 70.8 Å². The predicted molar refractivity (Wildman–Crippen MR) is 163 cm³/mol. The van der Waals surface area contributed by atoms with Crippen LogP contribution < -0.4 is 22.1 Å². The van der Waals surface area contributed by atoms with Crippen LogP contribution in [0.15, 0.2) is 48.5 Å². The van der Waals surface area contributed by atoms with Gasteiger partial charge in [0.1, 0.15) is 11.9 Å². The van der Waals surface area contributed by atoms with Crippen molar-refractivity contribution in [2.75, 3.05) is 19.6 Å². The summed E-state index contributed by atoms with van der Waals surface area (Å²) in [6.07, 6.45) is 7.37. The lowest BCUT2D eigenvalue weighted by atomic mass is 9.82. The molecule has 2 atom stereocenters. The molecular formula is C32H45N7O2. The number of nitrogens with zero attached hydrogens (tertiary/aromatic N) is 1. The van der Waals surface area contributed by atoms with E-state index in [1.165, 1.54) is 0 Å². The molecule has 220 valence electrons. The minimum Gasteiger partial charge on any atom is -0.384 e. The summed E-state index contributed by atoms with van der Waals surface area (Å²) in [5, 5.41) is 21.7. The number of amidine groups is 1. The number of amides is 2. The third kappa shape index (κ3) is 8.31. The number of likely N-dealkylation sites (tertiary alicyclic amines) is 1. The lowest BCUT2D eigenvalue weighted by molar-refractivity contribution is -0.131. The van der Waals surface area contributed by atoms with Crippen LogP contribution in [0.4, 0.5) is 0 Å². The number of carbonyl (C=O) groups is 2. The smallest absolute Gasteiger partial charge is 0.242 e. The van der Waals surface area contributed by atoms with Crippen molar-refractivity contribution in [1.29, 1.82) is 10.8 Å². The van der Waals surface area contributed by atoms with Crippen LogP contribution in [0.3, 0.4) is 0 Å². The molecule has 2 fully saturated rings. The van der Waals surface area contributed by atoms with Gasteiger partial charge in [-0.2, -0.15) is 0 Å². The minimum atomic E-state index is -0.576. The molecule has 41 heavy (non-hydrogen) atoms. The van der Waals surface area contributed by atoms with E-state index in [0.717, 1.165) is 74.7 Å². The summed E-state index contributed by atoms with van der Waals surface area (Å²) in [4.78, 5) is 29.5. The van der Waals surface area contributed by atoms with Crippen molar-refractivity contribution in [3.8, 4) is 0 Å². The summed E-state index contributed by atoms with van der Waals surface area (Å²) >= 11 is 0. The summed E-state index contributed by atoms with van der Waals surface area (Å²) in [5.74, 6) is -0.164. The maximum atomic E-state index is 14.0. The van der Waals surface area contributed by atoms with E-state index >= 15 is 0 Å². The number of carbonyl (C=O) groups excluding carboxylic acids is 2. The monoisotopic (exact) mass is 559 g/mol. The lowest BCUT2D eigenvalue weighted by Gasteiger charge is -2.34. The number of piperidine rings is 1. The summed E-state index contributed by atoms with van der Waals surface area (Å²) in [6.45, 7) is 4.04. The first kappa shape index (κ1) is 30.1. The van der Waals surface area contributed by atoms with Gasteiger partial charge in [0.05, 0.1) is 5.92 Å². The Bertz CT molecular complexity index is 1200. The Hall–Kier alpha value is -3.88. The molecule has 1 saturated carbocycles. The van der Waals surface area contributed by atoms with Crippen LogP contribution in [0.25, 0.3) is 0 Å². The highest BCUT2D eigenvalue weighted by molar-refractivity contribution is 5.95. The van der Waals surface area contributed by atoms with Crippen molar-refractivity contribution in [3.63, 3.8) is 0 Å². The van der Waals surface area contributed by atoms with E-state index in [1.807, 2.05) is 48.2 Å². The van der Waals surface area contributed by atoms with Crippen LogP contribution in [0.2, 0.25) is 0 Å². The van der Waals surface area contributed by atoms with Gasteiger partial charge in [0.25, 0.3) is 0 Å². The fourth-order valence-electron chi connectivity index (χ4n) is 6.07. The number of hydrogen-bond donors (Lipinski definition) is 6. The SMILES string of the molecule is Cc1ccc(C(Cc2ccc(C(=N)N)cc2)C(=O)N[C@H](C(=O)NCC2CCN(C(=N)N)CC2)C2CCCCC2)cc1. The second kappa shape index (κ2) is 14.1. The molecule has 1 unspecified atom stereocenters. The molecule has 0 aromatic heterocycles. The zero-order chi connectivity index (χ0) is 29.4. The molecule has 1 aliphatic heterocycles. The topological polar surface area (TPSA) is 161 Å². The van der Waals surface area contributed by atoms with Crippen molar-refractivity contribution >= 4 is 23.6 Å². The zero-order valence-electron chi connectivity index (χ0n) is 24.1. The molecule has 1 saturated heterocycles. The number of nitrogen functional groups attached to an aromatic ring is 1. The van der Waals surface area contributed by atoms with Gasteiger partial charge in [-0.25, -0.2) is 0 Å². The first-order valence-electron chi connectivity index (χ1n) is 14.9. The molecule has 0 spiro atoms. The first-order valence-corrected chi connectivity index (χ1v) is 14.9. The van der Waals surface area contributed by atoms with Crippen LogP contribution in [-0.4, -0.2) is 54.2 Å². The summed E-state index contributed by atoms with van der Waals surface area (Å²) in [7, 11) is 0. The molecule has 1 heterocycles. The standard InChI is InChI=1S/C32H45N7O2/c1-21-7-11-24(12-8-21)27(19-22-9-13-26(14-10-22)29(33)34)30(40)38-28(25-5-3-2-4-6-25)31(41)37-20-23-15-17-39(18-16-23)32(35)36/h7-14,23,25,27-28H,2-6,15-20H2,1H3,(H3,33,34)(H3,35,36)(H,37,41)(H,38,40)/t27?,28-/m0/s1. The first-order chi connectivity index (χ1) is 19.7. The Balaban J connectivity index is 1.49. The molecule has 2 aliphatic rings. The number of aryl methyl sites for hydroxylation is 1. The number of rotatable bonds is 10. The van der Waals surface area contributed by atoms with Crippen LogP contribution in [-0.2, 0) is 16.0 Å². The highest BCUT2D eigenvalue weighted by atomic mass is 16.2. The van der Waals surface area contributed by atoms with Gasteiger partial charge in [0, 0.05) is 25.2 Å². The number of benzene rings is 2. The van der Waals surface area contributed by atoms with E-state index in [2.05, 4.69) is 10.6 Å². The summed E-state index contributed by atoms with van der Waals surface area (Å²) in [6, 6.07) is 14.9. The molecular weight excluding hydrogens is 514 g/mol. The number of hydrogen-bond acceptors (Lipinski definition) is 4. The molecule has 2 aromatic carbocycles. The van der Waals surface area contributed by atoms with E-state index in [-0.39, 0.29) is 29.5 Å². The molecule has 2 amide bonds. The number of nitrogens with two attached hydrogens (primary N) is 2.